The van der Waals surface area contributed by atoms with E-state index in [9.17, 15) is 0 Å². The predicted molar refractivity (Wildman–Crippen MR) is 136 cm³/mol. The van der Waals surface area contributed by atoms with Gasteiger partial charge in [-0.3, -0.25) is 0 Å². The number of fused-ring (bicyclic) bond motifs is 2. The lowest BCUT2D eigenvalue weighted by molar-refractivity contribution is 0.246. The first-order valence-corrected chi connectivity index (χ1v) is 13.5. The van der Waals surface area contributed by atoms with E-state index in [0.29, 0.717) is 17.8 Å². The maximum absolute atomic E-state index is 2.74. The zero-order valence-corrected chi connectivity index (χ0v) is 21.6. The fourth-order valence-corrected chi connectivity index (χ4v) is 8.05. The lowest BCUT2D eigenvalue weighted by Gasteiger charge is -2.36. The Hall–Kier alpha value is -1.04. The first kappa shape index (κ1) is 23.1. The molecule has 0 N–H and O–H groups in total. The highest BCUT2D eigenvalue weighted by atomic mass is 14.5. The van der Waals surface area contributed by atoms with Gasteiger partial charge in [0.2, 0.25) is 0 Å². The lowest BCUT2D eigenvalue weighted by atomic mass is 9.68. The summed E-state index contributed by atoms with van der Waals surface area (Å²) in [5, 5.41) is 0. The molecule has 0 spiro atoms. The molecule has 0 heterocycles. The number of hydrogen-bond donors (Lipinski definition) is 0. The van der Waals surface area contributed by atoms with Gasteiger partial charge in [0.1, 0.15) is 0 Å². The van der Waals surface area contributed by atoms with E-state index in [1.807, 2.05) is 5.57 Å². The second-order valence-electron chi connectivity index (χ2n) is 12.4. The van der Waals surface area contributed by atoms with Crippen LogP contribution in [0.2, 0.25) is 0 Å². The Morgan fingerprint density at radius 2 is 1.42 bits per heavy atom. The molecule has 4 aliphatic carbocycles. The minimum absolute atomic E-state index is 0.599. The zero-order valence-electron chi connectivity index (χ0n) is 21.6. The van der Waals surface area contributed by atoms with Crippen LogP contribution in [0.25, 0.3) is 0 Å². The quantitative estimate of drug-likeness (QED) is 0.398. The summed E-state index contributed by atoms with van der Waals surface area (Å²) in [5.74, 6) is 7.52. The third-order valence-corrected chi connectivity index (χ3v) is 9.77. The van der Waals surface area contributed by atoms with Gasteiger partial charge in [0.25, 0.3) is 0 Å². The second-order valence-corrected chi connectivity index (χ2v) is 12.4. The highest BCUT2D eigenvalue weighted by molar-refractivity contribution is 5.33. The molecule has 8 atom stereocenters. The molecule has 2 saturated carbocycles. The van der Waals surface area contributed by atoms with E-state index in [-0.39, 0.29) is 0 Å². The summed E-state index contributed by atoms with van der Waals surface area (Å²) in [6.07, 6.45) is 17.5. The standard InChI is InChI=1S/C31H48/c1-18(2)25-12-9-20(5)26-13-11-22(7)31(26)30(25)16-24-15-23(8)28(19(3)4)17-29-21(6)10-14-27(24)29/h9,12,15,17-19,21-23,26-27,29-31H,10-11,13-14,16H2,1-8H3/t21?,22?,23-,26?,27?,29?,30-,31?/m1/s1. The predicted octanol–water partition coefficient (Wildman–Crippen LogP) is 9.02. The number of allylic oxidation sites excluding steroid dienone is 8. The first-order chi connectivity index (χ1) is 14.7. The van der Waals surface area contributed by atoms with Crippen LogP contribution in [0.1, 0.15) is 87.5 Å². The molecule has 31 heavy (non-hydrogen) atoms. The highest BCUT2D eigenvalue weighted by Gasteiger charge is 2.44. The van der Waals surface area contributed by atoms with E-state index in [4.69, 9.17) is 0 Å². The Morgan fingerprint density at radius 1 is 0.774 bits per heavy atom. The summed E-state index contributed by atoms with van der Waals surface area (Å²) in [7, 11) is 0. The van der Waals surface area contributed by atoms with Gasteiger partial charge in [-0.05, 0) is 98.2 Å². The minimum Gasteiger partial charge on any atom is -0.0805 e. The van der Waals surface area contributed by atoms with Crippen LogP contribution in [-0.2, 0) is 0 Å². The van der Waals surface area contributed by atoms with Gasteiger partial charge in [0, 0.05) is 0 Å². The molecule has 0 aliphatic heterocycles. The molecule has 0 aromatic heterocycles. The van der Waals surface area contributed by atoms with Crippen molar-refractivity contribution in [2.75, 3.05) is 0 Å². The monoisotopic (exact) mass is 420 g/mol. The van der Waals surface area contributed by atoms with Crippen LogP contribution in [0.4, 0.5) is 0 Å². The van der Waals surface area contributed by atoms with Crippen LogP contribution >= 0.6 is 0 Å². The molecule has 0 bridgehead atoms. The van der Waals surface area contributed by atoms with Gasteiger partial charge in [-0.1, -0.05) is 95.1 Å². The molecular weight excluding hydrogens is 372 g/mol. The molecule has 0 nitrogen and oxygen atoms in total. The normalized spacial score (nSPS) is 40.6. The maximum Gasteiger partial charge on any atom is -0.00462 e. The zero-order chi connectivity index (χ0) is 22.4. The summed E-state index contributed by atoms with van der Waals surface area (Å²) in [6, 6.07) is 0. The van der Waals surface area contributed by atoms with Crippen LogP contribution < -0.4 is 0 Å². The molecule has 172 valence electrons. The van der Waals surface area contributed by atoms with E-state index in [1.54, 1.807) is 16.7 Å². The summed E-state index contributed by atoms with van der Waals surface area (Å²) < 4.78 is 0. The Labute approximate surface area is 193 Å². The third-order valence-electron chi connectivity index (χ3n) is 9.77. The molecule has 0 heteroatoms. The first-order valence-electron chi connectivity index (χ1n) is 13.5. The molecular formula is C31H48. The van der Waals surface area contributed by atoms with Crippen LogP contribution in [0.3, 0.4) is 0 Å². The maximum atomic E-state index is 2.74. The SMILES string of the molecule is CC1=CC=C(C(C)C)[C@@H](CC2=C[C@@H](C)C(C(C)C)=CC3C(C)CCC23)C2C(C)CCC12. The van der Waals surface area contributed by atoms with Crippen molar-refractivity contribution in [3.63, 3.8) is 0 Å². The summed E-state index contributed by atoms with van der Waals surface area (Å²) in [5.41, 5.74) is 6.90. The highest BCUT2D eigenvalue weighted by Crippen LogP contribution is 2.54. The summed E-state index contributed by atoms with van der Waals surface area (Å²) >= 11 is 0. The topological polar surface area (TPSA) is 0 Å². The van der Waals surface area contributed by atoms with Gasteiger partial charge in [0.15, 0.2) is 0 Å². The van der Waals surface area contributed by atoms with Crippen LogP contribution in [0, 0.1) is 59.2 Å². The van der Waals surface area contributed by atoms with Gasteiger partial charge in [0.05, 0.1) is 0 Å². The Balaban J connectivity index is 1.72. The molecule has 0 saturated heterocycles. The van der Waals surface area contributed by atoms with Gasteiger partial charge in [-0.15, -0.1) is 0 Å². The average molecular weight is 421 g/mol. The molecule has 0 radical (unpaired) electrons. The Bertz CT molecular complexity index is 785. The Kier molecular flexibility index (Phi) is 6.77. The van der Waals surface area contributed by atoms with Gasteiger partial charge >= 0.3 is 0 Å². The van der Waals surface area contributed by atoms with Crippen molar-refractivity contribution in [1.29, 1.82) is 0 Å². The van der Waals surface area contributed by atoms with Gasteiger partial charge in [-0.25, -0.2) is 0 Å². The fraction of sp³-hybridized carbons (Fsp3) is 0.742. The largest absolute Gasteiger partial charge is 0.0805 e. The van der Waals surface area contributed by atoms with Crippen LogP contribution in [0.15, 0.2) is 46.6 Å². The molecule has 0 aromatic rings. The van der Waals surface area contributed by atoms with Crippen molar-refractivity contribution >= 4 is 0 Å². The average Bonchev–Trinajstić information content (AvgIpc) is 3.17. The molecule has 2 fully saturated rings. The van der Waals surface area contributed by atoms with E-state index in [0.717, 1.165) is 41.4 Å². The fourth-order valence-electron chi connectivity index (χ4n) is 8.05. The summed E-state index contributed by atoms with van der Waals surface area (Å²) in [6.45, 7) is 19.6. The molecule has 4 rings (SSSR count). The van der Waals surface area contributed by atoms with Crippen LogP contribution in [-0.4, -0.2) is 0 Å². The molecule has 4 aliphatic rings. The van der Waals surface area contributed by atoms with Crippen molar-refractivity contribution in [2.24, 2.45) is 59.2 Å². The molecule has 0 amide bonds. The van der Waals surface area contributed by atoms with Crippen molar-refractivity contribution in [3.05, 3.63) is 46.6 Å². The second kappa shape index (κ2) is 9.07. The van der Waals surface area contributed by atoms with E-state index in [1.165, 1.54) is 32.1 Å². The van der Waals surface area contributed by atoms with E-state index >= 15 is 0 Å². The number of rotatable bonds is 4. The van der Waals surface area contributed by atoms with E-state index in [2.05, 4.69) is 79.7 Å². The van der Waals surface area contributed by atoms with E-state index < -0.39 is 0 Å². The third kappa shape index (κ3) is 4.30. The lowest BCUT2D eigenvalue weighted by Crippen LogP contribution is -2.28. The number of hydrogen-bond acceptors (Lipinski definition) is 0. The van der Waals surface area contributed by atoms with Crippen molar-refractivity contribution in [2.45, 2.75) is 87.5 Å². The minimum atomic E-state index is 0.599. The summed E-state index contributed by atoms with van der Waals surface area (Å²) in [4.78, 5) is 0. The molecule has 0 aromatic carbocycles. The smallest absolute Gasteiger partial charge is 0.00462 e. The van der Waals surface area contributed by atoms with Crippen molar-refractivity contribution in [3.8, 4) is 0 Å². The van der Waals surface area contributed by atoms with Crippen LogP contribution in [0.5, 0.6) is 0 Å². The Morgan fingerprint density at radius 3 is 2.10 bits per heavy atom. The van der Waals surface area contributed by atoms with Gasteiger partial charge in [-0.2, -0.15) is 0 Å². The van der Waals surface area contributed by atoms with Crippen molar-refractivity contribution < 1.29 is 0 Å². The molecule has 6 unspecified atom stereocenters. The van der Waals surface area contributed by atoms with Crippen molar-refractivity contribution in [1.82, 2.24) is 0 Å². The van der Waals surface area contributed by atoms with Gasteiger partial charge < -0.3 is 0 Å².